The predicted molar refractivity (Wildman–Crippen MR) is 179 cm³/mol. The quantitative estimate of drug-likeness (QED) is 0.216. The third-order valence-corrected chi connectivity index (χ3v) is 9.90. The Morgan fingerprint density at radius 3 is 2.32 bits per heavy atom. The minimum Gasteiger partial charge on any atom is -0.352 e. The maximum absolute atomic E-state index is 14.1. The number of rotatable bonds is 13. The third-order valence-electron chi connectivity index (χ3n) is 8.11. The van der Waals surface area contributed by atoms with E-state index in [1.54, 1.807) is 29.2 Å². The van der Waals surface area contributed by atoms with Gasteiger partial charge in [0.15, 0.2) is 0 Å². The first-order valence-electron chi connectivity index (χ1n) is 15.1. The fourth-order valence-electron chi connectivity index (χ4n) is 5.74. The molecule has 0 spiro atoms. The van der Waals surface area contributed by atoms with Crippen LogP contribution in [-0.2, 0) is 32.6 Å². The van der Waals surface area contributed by atoms with Crippen LogP contribution in [0.1, 0.15) is 61.6 Å². The molecule has 44 heavy (non-hydrogen) atoms. The van der Waals surface area contributed by atoms with Crippen LogP contribution in [0, 0.1) is 6.92 Å². The Morgan fingerprint density at radius 1 is 0.955 bits per heavy atom. The number of hydrogen-bond donors (Lipinski definition) is 1. The number of aryl methyl sites for hydroxylation is 1. The molecule has 0 saturated heterocycles. The molecule has 236 valence electrons. The fourth-order valence-corrected chi connectivity index (χ4v) is 7.12. The summed E-state index contributed by atoms with van der Waals surface area (Å²) in [6.45, 7) is 2.06. The van der Waals surface area contributed by atoms with Crippen molar-refractivity contribution in [3.63, 3.8) is 0 Å². The lowest BCUT2D eigenvalue weighted by Crippen LogP contribution is -2.53. The standard InChI is InChI=1S/C34H41Cl2N3O4S/c1-25-19-20-28(35)23-31(25)39(44(2,42)43)21-11-18-33(40)38(24-27-14-9-10-17-30(27)36)32(22-26-12-5-3-6-13-26)34(41)37-29-15-7-4-8-16-29/h3,5-6,9-10,12-14,17,19-20,23,29,32H,4,7-8,11,15-16,18,21-22,24H2,1-2H3,(H,37,41). The van der Waals surface area contributed by atoms with Gasteiger partial charge in [-0.15, -0.1) is 0 Å². The van der Waals surface area contributed by atoms with Crippen molar-refractivity contribution in [2.24, 2.45) is 0 Å². The summed E-state index contributed by atoms with van der Waals surface area (Å²) in [5.74, 6) is -0.436. The van der Waals surface area contributed by atoms with E-state index < -0.39 is 16.1 Å². The zero-order chi connectivity index (χ0) is 31.7. The van der Waals surface area contributed by atoms with E-state index in [0.29, 0.717) is 22.2 Å². The van der Waals surface area contributed by atoms with Gasteiger partial charge in [-0.25, -0.2) is 8.42 Å². The first-order chi connectivity index (χ1) is 21.0. The summed E-state index contributed by atoms with van der Waals surface area (Å²) in [5, 5.41) is 4.17. The first-order valence-corrected chi connectivity index (χ1v) is 17.7. The molecular formula is C34H41Cl2N3O4S. The van der Waals surface area contributed by atoms with Gasteiger partial charge < -0.3 is 10.2 Å². The summed E-state index contributed by atoms with van der Waals surface area (Å²) in [6, 6.07) is 21.4. The lowest BCUT2D eigenvalue weighted by molar-refractivity contribution is -0.141. The van der Waals surface area contributed by atoms with Crippen LogP contribution < -0.4 is 9.62 Å². The summed E-state index contributed by atoms with van der Waals surface area (Å²) in [5.41, 5.74) is 2.91. The smallest absolute Gasteiger partial charge is 0.243 e. The molecule has 1 saturated carbocycles. The number of amides is 2. The fraction of sp³-hybridized carbons (Fsp3) is 0.412. The largest absolute Gasteiger partial charge is 0.352 e. The molecule has 1 N–H and O–H groups in total. The van der Waals surface area contributed by atoms with E-state index in [1.807, 2.05) is 55.5 Å². The van der Waals surface area contributed by atoms with Gasteiger partial charge in [0.25, 0.3) is 0 Å². The molecule has 1 atom stereocenters. The number of anilines is 1. The van der Waals surface area contributed by atoms with Crippen LogP contribution in [0.3, 0.4) is 0 Å². The molecule has 0 aromatic heterocycles. The van der Waals surface area contributed by atoms with Crippen molar-refractivity contribution in [1.29, 1.82) is 0 Å². The number of nitrogens with one attached hydrogen (secondary N) is 1. The lowest BCUT2D eigenvalue weighted by atomic mass is 9.94. The monoisotopic (exact) mass is 657 g/mol. The third kappa shape index (κ3) is 9.46. The molecular weight excluding hydrogens is 617 g/mol. The number of halogens is 2. The molecule has 2 amide bonds. The second-order valence-electron chi connectivity index (χ2n) is 11.5. The molecule has 3 aromatic rings. The zero-order valence-corrected chi connectivity index (χ0v) is 27.7. The van der Waals surface area contributed by atoms with Gasteiger partial charge in [0, 0.05) is 42.0 Å². The molecule has 0 bridgehead atoms. The van der Waals surface area contributed by atoms with Crippen LogP contribution in [-0.4, -0.2) is 50.0 Å². The molecule has 10 heteroatoms. The molecule has 1 unspecified atom stereocenters. The highest BCUT2D eigenvalue weighted by Crippen LogP contribution is 2.27. The van der Waals surface area contributed by atoms with E-state index in [2.05, 4.69) is 5.32 Å². The van der Waals surface area contributed by atoms with Crippen LogP contribution >= 0.6 is 23.2 Å². The average molecular weight is 659 g/mol. The van der Waals surface area contributed by atoms with Gasteiger partial charge in [0.05, 0.1) is 11.9 Å². The van der Waals surface area contributed by atoms with Crippen LogP contribution in [0.4, 0.5) is 5.69 Å². The maximum atomic E-state index is 14.1. The molecule has 0 aliphatic heterocycles. The van der Waals surface area contributed by atoms with Crippen molar-refractivity contribution in [2.45, 2.75) is 76.9 Å². The number of carbonyl (C=O) groups is 2. The van der Waals surface area contributed by atoms with E-state index in [9.17, 15) is 18.0 Å². The summed E-state index contributed by atoms with van der Waals surface area (Å²) in [7, 11) is -3.65. The summed E-state index contributed by atoms with van der Waals surface area (Å²) < 4.78 is 26.9. The SMILES string of the molecule is Cc1ccc(Cl)cc1N(CCCC(=O)N(Cc1ccccc1Cl)C(Cc1ccccc1)C(=O)NC1CCCCC1)S(C)(=O)=O. The molecule has 7 nitrogen and oxygen atoms in total. The van der Waals surface area contributed by atoms with Gasteiger partial charge in [0.1, 0.15) is 6.04 Å². The highest BCUT2D eigenvalue weighted by atomic mass is 35.5. The van der Waals surface area contributed by atoms with Crippen LogP contribution in [0.15, 0.2) is 72.8 Å². The van der Waals surface area contributed by atoms with Gasteiger partial charge in [-0.3, -0.25) is 13.9 Å². The van der Waals surface area contributed by atoms with E-state index in [1.165, 1.54) is 4.31 Å². The molecule has 4 rings (SSSR count). The minimum absolute atomic E-state index is 0.0398. The second kappa shape index (κ2) is 15.8. The number of carbonyl (C=O) groups excluding carboxylic acids is 2. The number of sulfonamides is 1. The Balaban J connectivity index is 1.61. The maximum Gasteiger partial charge on any atom is 0.243 e. The van der Waals surface area contributed by atoms with Crippen molar-refractivity contribution in [1.82, 2.24) is 10.2 Å². The van der Waals surface area contributed by atoms with Crippen molar-refractivity contribution >= 4 is 50.7 Å². The number of hydrogen-bond acceptors (Lipinski definition) is 4. The topological polar surface area (TPSA) is 86.8 Å². The van der Waals surface area contributed by atoms with Crippen LogP contribution in [0.5, 0.6) is 0 Å². The van der Waals surface area contributed by atoms with Gasteiger partial charge in [-0.1, -0.05) is 97.1 Å². The van der Waals surface area contributed by atoms with E-state index in [-0.39, 0.29) is 43.8 Å². The van der Waals surface area contributed by atoms with Crippen molar-refractivity contribution < 1.29 is 18.0 Å². The average Bonchev–Trinajstić information content (AvgIpc) is 2.99. The summed E-state index contributed by atoms with van der Waals surface area (Å²) >= 11 is 12.7. The molecule has 1 fully saturated rings. The molecule has 0 heterocycles. The molecule has 0 radical (unpaired) electrons. The van der Waals surface area contributed by atoms with E-state index in [0.717, 1.165) is 55.1 Å². The Morgan fingerprint density at radius 2 is 1.64 bits per heavy atom. The lowest BCUT2D eigenvalue weighted by Gasteiger charge is -2.34. The zero-order valence-electron chi connectivity index (χ0n) is 25.3. The van der Waals surface area contributed by atoms with Crippen molar-refractivity contribution in [3.05, 3.63) is 99.5 Å². The highest BCUT2D eigenvalue weighted by molar-refractivity contribution is 7.92. The number of benzene rings is 3. The summed E-state index contributed by atoms with van der Waals surface area (Å²) in [6.07, 6.45) is 6.92. The molecule has 1 aliphatic carbocycles. The van der Waals surface area contributed by atoms with Crippen molar-refractivity contribution in [2.75, 3.05) is 17.1 Å². The normalized spacial score (nSPS) is 14.5. The Labute approximate surface area is 271 Å². The van der Waals surface area contributed by atoms with Gasteiger partial charge in [-0.2, -0.15) is 0 Å². The van der Waals surface area contributed by atoms with E-state index >= 15 is 0 Å². The molecule has 1 aliphatic rings. The van der Waals surface area contributed by atoms with Gasteiger partial charge >= 0.3 is 0 Å². The Hall–Kier alpha value is -3.07. The highest BCUT2D eigenvalue weighted by Gasteiger charge is 2.32. The first kappa shape index (κ1) is 33.8. The molecule has 3 aromatic carbocycles. The Bertz CT molecular complexity index is 1530. The Kier molecular flexibility index (Phi) is 12.1. The van der Waals surface area contributed by atoms with Crippen LogP contribution in [0.25, 0.3) is 0 Å². The van der Waals surface area contributed by atoms with Crippen LogP contribution in [0.2, 0.25) is 10.0 Å². The van der Waals surface area contributed by atoms with Gasteiger partial charge in [-0.05, 0) is 61.1 Å². The minimum atomic E-state index is -3.65. The summed E-state index contributed by atoms with van der Waals surface area (Å²) in [4.78, 5) is 29.7. The second-order valence-corrected chi connectivity index (χ2v) is 14.3. The van der Waals surface area contributed by atoms with E-state index in [4.69, 9.17) is 23.2 Å². The predicted octanol–water partition coefficient (Wildman–Crippen LogP) is 6.94. The van der Waals surface area contributed by atoms with Gasteiger partial charge in [0.2, 0.25) is 21.8 Å². The number of nitrogens with zero attached hydrogens (tertiary/aromatic N) is 2. The van der Waals surface area contributed by atoms with Crippen molar-refractivity contribution in [3.8, 4) is 0 Å².